The topological polar surface area (TPSA) is 77.4 Å². The van der Waals surface area contributed by atoms with E-state index in [0.717, 1.165) is 22.3 Å². The van der Waals surface area contributed by atoms with Crippen molar-refractivity contribution in [1.29, 1.82) is 0 Å². The second-order valence-corrected chi connectivity index (χ2v) is 9.04. The number of rotatable bonds is 6. The van der Waals surface area contributed by atoms with Gasteiger partial charge in [-0.1, -0.05) is 67.1 Å². The zero-order valence-electron chi connectivity index (χ0n) is 21.2. The van der Waals surface area contributed by atoms with Gasteiger partial charge >= 0.3 is 5.97 Å². The molecule has 4 rings (SSSR count). The standard InChI is InChI=1S/C30H30N2O4/c1-6-25(28(33)31-24-13-9-10-19(3)20(24)4)36-30(35)27-26(21-16-14-18(2)15-17-21)22-11-7-8-12-23(22)29(34)32(27)5/h7-17,25H,6H2,1-5H3,(H,31,33). The molecule has 184 valence electrons. The van der Waals surface area contributed by atoms with Crippen molar-refractivity contribution in [1.82, 2.24) is 4.57 Å². The maximum absolute atomic E-state index is 13.6. The SMILES string of the molecule is CCC(OC(=O)c1c(-c2ccc(C)cc2)c2ccccc2c(=O)n1C)C(=O)Nc1cccc(C)c1C. The van der Waals surface area contributed by atoms with E-state index in [-0.39, 0.29) is 17.7 Å². The van der Waals surface area contributed by atoms with Crippen molar-refractivity contribution in [2.75, 3.05) is 5.32 Å². The number of carbonyl (C=O) groups is 2. The number of ether oxygens (including phenoxy) is 1. The van der Waals surface area contributed by atoms with Crippen LogP contribution in [0.4, 0.5) is 5.69 Å². The maximum Gasteiger partial charge on any atom is 0.356 e. The van der Waals surface area contributed by atoms with E-state index in [4.69, 9.17) is 4.74 Å². The molecule has 0 aliphatic rings. The molecular formula is C30H30N2O4. The molecule has 1 N–H and O–H groups in total. The smallest absolute Gasteiger partial charge is 0.356 e. The monoisotopic (exact) mass is 482 g/mol. The van der Waals surface area contributed by atoms with Gasteiger partial charge in [0, 0.05) is 23.7 Å². The van der Waals surface area contributed by atoms with Crippen molar-refractivity contribution in [2.45, 2.75) is 40.2 Å². The molecule has 4 aromatic rings. The second-order valence-electron chi connectivity index (χ2n) is 9.04. The molecule has 3 aromatic carbocycles. The van der Waals surface area contributed by atoms with Crippen LogP contribution in [0.1, 0.15) is 40.5 Å². The van der Waals surface area contributed by atoms with Crippen molar-refractivity contribution < 1.29 is 14.3 Å². The molecule has 6 heteroatoms. The highest BCUT2D eigenvalue weighted by Crippen LogP contribution is 2.31. The number of hydrogen-bond donors (Lipinski definition) is 1. The van der Waals surface area contributed by atoms with Crippen LogP contribution in [0.2, 0.25) is 0 Å². The Balaban J connectivity index is 1.76. The minimum absolute atomic E-state index is 0.112. The molecule has 1 aromatic heterocycles. The second kappa shape index (κ2) is 10.2. The number of aromatic nitrogens is 1. The van der Waals surface area contributed by atoms with Crippen LogP contribution < -0.4 is 10.9 Å². The predicted molar refractivity (Wildman–Crippen MR) is 143 cm³/mol. The van der Waals surface area contributed by atoms with Gasteiger partial charge in [-0.05, 0) is 61.4 Å². The van der Waals surface area contributed by atoms with Gasteiger partial charge in [-0.3, -0.25) is 9.59 Å². The lowest BCUT2D eigenvalue weighted by molar-refractivity contribution is -0.124. The Labute approximate surface area is 210 Å². The molecule has 0 saturated carbocycles. The van der Waals surface area contributed by atoms with Crippen molar-refractivity contribution in [3.63, 3.8) is 0 Å². The Morgan fingerprint density at radius 1 is 0.917 bits per heavy atom. The number of aryl methyl sites for hydroxylation is 2. The van der Waals surface area contributed by atoms with Crippen LogP contribution in [0.5, 0.6) is 0 Å². The van der Waals surface area contributed by atoms with E-state index in [2.05, 4.69) is 5.32 Å². The summed E-state index contributed by atoms with van der Waals surface area (Å²) in [6.07, 6.45) is -0.742. The number of nitrogens with one attached hydrogen (secondary N) is 1. The Morgan fingerprint density at radius 3 is 2.25 bits per heavy atom. The quantitative estimate of drug-likeness (QED) is 0.357. The van der Waals surface area contributed by atoms with Crippen LogP contribution in [0.3, 0.4) is 0 Å². The Morgan fingerprint density at radius 2 is 1.58 bits per heavy atom. The molecule has 6 nitrogen and oxygen atoms in total. The fourth-order valence-electron chi connectivity index (χ4n) is 4.32. The summed E-state index contributed by atoms with van der Waals surface area (Å²) in [4.78, 5) is 39.8. The van der Waals surface area contributed by atoms with Gasteiger partial charge in [0.1, 0.15) is 5.69 Å². The molecule has 36 heavy (non-hydrogen) atoms. The number of benzene rings is 3. The summed E-state index contributed by atoms with van der Waals surface area (Å²) in [5.41, 5.74) is 4.94. The first-order chi connectivity index (χ1) is 17.2. The van der Waals surface area contributed by atoms with Crippen molar-refractivity contribution in [3.05, 3.63) is 99.5 Å². The summed E-state index contributed by atoms with van der Waals surface area (Å²) in [5.74, 6) is -1.14. The molecule has 0 saturated heterocycles. The lowest BCUT2D eigenvalue weighted by Crippen LogP contribution is -2.34. The van der Waals surface area contributed by atoms with Crippen LogP contribution in [0.25, 0.3) is 21.9 Å². The van der Waals surface area contributed by atoms with Crippen LogP contribution in [0, 0.1) is 20.8 Å². The zero-order chi connectivity index (χ0) is 26.0. The molecule has 1 atom stereocenters. The number of fused-ring (bicyclic) bond motifs is 1. The van der Waals surface area contributed by atoms with Gasteiger partial charge in [0.15, 0.2) is 6.10 Å². The normalized spacial score (nSPS) is 11.8. The number of esters is 1. The molecule has 0 radical (unpaired) electrons. The first-order valence-electron chi connectivity index (χ1n) is 12.0. The molecular weight excluding hydrogens is 452 g/mol. The molecule has 1 heterocycles. The Kier molecular flexibility index (Phi) is 7.06. The van der Waals surface area contributed by atoms with Crippen LogP contribution in [0.15, 0.2) is 71.5 Å². The van der Waals surface area contributed by atoms with E-state index >= 15 is 0 Å². The number of hydrogen-bond acceptors (Lipinski definition) is 4. The van der Waals surface area contributed by atoms with E-state index in [1.54, 1.807) is 26.1 Å². The van der Waals surface area contributed by atoms with Gasteiger partial charge in [0.2, 0.25) is 0 Å². The van der Waals surface area contributed by atoms with E-state index in [1.807, 2.05) is 75.4 Å². The fourth-order valence-corrected chi connectivity index (χ4v) is 4.32. The summed E-state index contributed by atoms with van der Waals surface area (Å²) >= 11 is 0. The van der Waals surface area contributed by atoms with E-state index in [9.17, 15) is 14.4 Å². The summed E-state index contributed by atoms with van der Waals surface area (Å²) in [5, 5.41) is 4.05. The average Bonchev–Trinajstić information content (AvgIpc) is 2.87. The summed E-state index contributed by atoms with van der Waals surface area (Å²) < 4.78 is 7.06. The van der Waals surface area contributed by atoms with Crippen LogP contribution in [-0.2, 0) is 16.6 Å². The fraction of sp³-hybridized carbons (Fsp3) is 0.233. The average molecular weight is 483 g/mol. The molecule has 1 unspecified atom stereocenters. The first kappa shape index (κ1) is 24.9. The van der Waals surface area contributed by atoms with Gasteiger partial charge in [-0.2, -0.15) is 0 Å². The number of nitrogens with zero attached hydrogens (tertiary/aromatic N) is 1. The van der Waals surface area contributed by atoms with E-state index < -0.39 is 18.0 Å². The van der Waals surface area contributed by atoms with Crippen molar-refractivity contribution >= 4 is 28.3 Å². The number of carbonyl (C=O) groups excluding carboxylic acids is 2. The highest BCUT2D eigenvalue weighted by atomic mass is 16.5. The third-order valence-corrected chi connectivity index (χ3v) is 6.61. The van der Waals surface area contributed by atoms with Gasteiger partial charge in [0.25, 0.3) is 11.5 Å². The Bertz CT molecular complexity index is 1520. The lowest BCUT2D eigenvalue weighted by Gasteiger charge is -2.21. The number of pyridine rings is 1. The summed E-state index contributed by atoms with van der Waals surface area (Å²) in [6, 6.07) is 20.6. The number of anilines is 1. The molecule has 0 aliphatic carbocycles. The lowest BCUT2D eigenvalue weighted by atomic mass is 9.96. The molecule has 1 amide bonds. The van der Waals surface area contributed by atoms with Crippen molar-refractivity contribution in [2.24, 2.45) is 7.05 Å². The Hall–Kier alpha value is -4.19. The van der Waals surface area contributed by atoms with Gasteiger partial charge in [0.05, 0.1) is 0 Å². The van der Waals surface area contributed by atoms with E-state index in [0.29, 0.717) is 22.0 Å². The van der Waals surface area contributed by atoms with Crippen molar-refractivity contribution in [3.8, 4) is 11.1 Å². The van der Waals surface area contributed by atoms with Gasteiger partial charge < -0.3 is 14.6 Å². The summed E-state index contributed by atoms with van der Waals surface area (Å²) in [7, 11) is 1.56. The third-order valence-electron chi connectivity index (χ3n) is 6.61. The minimum atomic E-state index is -1.02. The maximum atomic E-state index is 13.6. The highest BCUT2D eigenvalue weighted by Gasteiger charge is 2.28. The summed E-state index contributed by atoms with van der Waals surface area (Å²) in [6.45, 7) is 7.66. The van der Waals surface area contributed by atoms with Crippen LogP contribution >= 0.6 is 0 Å². The third kappa shape index (κ3) is 4.67. The first-order valence-corrected chi connectivity index (χ1v) is 12.0. The molecule has 0 bridgehead atoms. The predicted octanol–water partition coefficient (Wildman–Crippen LogP) is 5.70. The van der Waals surface area contributed by atoms with Gasteiger partial charge in [-0.15, -0.1) is 0 Å². The largest absolute Gasteiger partial charge is 0.448 e. The molecule has 0 spiro atoms. The zero-order valence-corrected chi connectivity index (χ0v) is 21.2. The number of amides is 1. The van der Waals surface area contributed by atoms with E-state index in [1.165, 1.54) is 4.57 Å². The molecule has 0 fully saturated rings. The molecule has 0 aliphatic heterocycles. The minimum Gasteiger partial charge on any atom is -0.448 e. The highest BCUT2D eigenvalue weighted by molar-refractivity contribution is 6.07. The van der Waals surface area contributed by atoms with Gasteiger partial charge in [-0.25, -0.2) is 4.79 Å². The van der Waals surface area contributed by atoms with Crippen LogP contribution in [-0.4, -0.2) is 22.5 Å².